The summed E-state index contributed by atoms with van der Waals surface area (Å²) in [4.78, 5) is 7.32. The van der Waals surface area contributed by atoms with E-state index in [0.29, 0.717) is 4.70 Å². The first-order valence-corrected chi connectivity index (χ1v) is 4.38. The van der Waals surface area contributed by atoms with Gasteiger partial charge in [0.1, 0.15) is 0 Å². The summed E-state index contributed by atoms with van der Waals surface area (Å²) in [5, 5.41) is 0.215. The third-order valence-electron chi connectivity index (χ3n) is 1.59. The average molecular weight is 300 g/mol. The van der Waals surface area contributed by atoms with E-state index in [0.717, 1.165) is 23.6 Å². The maximum absolute atomic E-state index is 12.2. The molecule has 0 saturated carbocycles. The van der Waals surface area contributed by atoms with Crippen LogP contribution in [0, 0.1) is 0 Å². The Bertz CT molecular complexity index is 482. The molecule has 0 atom stereocenters. The molecule has 2 heterocycles. The van der Waals surface area contributed by atoms with E-state index in [9.17, 15) is 13.2 Å². The van der Waals surface area contributed by atoms with Crippen LogP contribution in [0.15, 0.2) is 12.3 Å². The Morgan fingerprint density at radius 2 is 2.00 bits per heavy atom. The molecule has 0 aliphatic rings. The van der Waals surface area contributed by atoms with Gasteiger partial charge in [0, 0.05) is 6.20 Å². The number of fused-ring (bicyclic) bond motifs is 1. The Morgan fingerprint density at radius 1 is 1.33 bits per heavy atom. The Kier molecular flexibility index (Phi) is 3.19. The molecule has 0 fully saturated rings. The van der Waals surface area contributed by atoms with Crippen molar-refractivity contribution >= 4 is 43.8 Å². The van der Waals surface area contributed by atoms with Crippen LogP contribution < -0.4 is 5.73 Å². The number of rotatable bonds is 0. The first-order valence-electron chi connectivity index (χ1n) is 3.56. The fourth-order valence-corrected chi connectivity index (χ4v) is 1.72. The number of nitrogen functional groups attached to an aromatic ring is 1. The molecular formula is C7H5BrF3N3S. The molecule has 0 spiro atoms. The van der Waals surface area contributed by atoms with Crippen LogP contribution in [0.4, 0.5) is 18.3 Å². The molecule has 0 amide bonds. The summed E-state index contributed by atoms with van der Waals surface area (Å²) in [5.41, 5.74) is 4.80. The second-order valence-corrected chi connectivity index (χ2v) is 3.66. The first kappa shape index (κ1) is 12.2. The quantitative estimate of drug-likeness (QED) is 0.814. The summed E-state index contributed by atoms with van der Waals surface area (Å²) in [6.45, 7) is 0. The number of pyridine rings is 1. The largest absolute Gasteiger partial charge is 0.417 e. The van der Waals surface area contributed by atoms with E-state index >= 15 is 0 Å². The van der Waals surface area contributed by atoms with Crippen molar-refractivity contribution in [1.82, 2.24) is 9.97 Å². The molecule has 0 aliphatic carbocycles. The van der Waals surface area contributed by atoms with Crippen molar-refractivity contribution < 1.29 is 13.2 Å². The lowest BCUT2D eigenvalue weighted by atomic mass is 10.3. The molecular weight excluding hydrogens is 295 g/mol. The molecule has 8 heteroatoms. The lowest BCUT2D eigenvalue weighted by molar-refractivity contribution is -0.137. The van der Waals surface area contributed by atoms with Crippen molar-refractivity contribution in [3.05, 3.63) is 17.8 Å². The molecule has 2 aromatic rings. The van der Waals surface area contributed by atoms with Crippen LogP contribution in [-0.4, -0.2) is 9.97 Å². The number of alkyl halides is 3. The van der Waals surface area contributed by atoms with E-state index in [1.165, 1.54) is 0 Å². The molecule has 0 saturated heterocycles. The summed E-state index contributed by atoms with van der Waals surface area (Å²) >= 11 is 0.987. The maximum atomic E-state index is 12.2. The predicted octanol–water partition coefficient (Wildman–Crippen LogP) is 2.87. The van der Waals surface area contributed by atoms with E-state index in [1.54, 1.807) is 0 Å². The number of anilines is 1. The minimum atomic E-state index is -4.38. The number of hydrogen-bond acceptors (Lipinski definition) is 4. The van der Waals surface area contributed by atoms with Crippen molar-refractivity contribution in [1.29, 1.82) is 0 Å². The van der Waals surface area contributed by atoms with Gasteiger partial charge in [-0.25, -0.2) is 9.97 Å². The average Bonchev–Trinajstić information content (AvgIpc) is 2.41. The van der Waals surface area contributed by atoms with Gasteiger partial charge in [-0.15, -0.1) is 17.0 Å². The van der Waals surface area contributed by atoms with Gasteiger partial charge in [-0.3, -0.25) is 0 Å². The minimum absolute atomic E-state index is 0. The zero-order valence-corrected chi connectivity index (χ0v) is 9.61. The highest BCUT2D eigenvalue weighted by Crippen LogP contribution is 2.32. The highest BCUT2D eigenvalue weighted by molar-refractivity contribution is 8.93. The molecule has 2 rings (SSSR count). The van der Waals surface area contributed by atoms with Crippen LogP contribution in [0.1, 0.15) is 5.56 Å². The van der Waals surface area contributed by atoms with Crippen LogP contribution in [0.5, 0.6) is 0 Å². The molecule has 3 nitrogen and oxygen atoms in total. The second-order valence-electron chi connectivity index (χ2n) is 2.60. The van der Waals surface area contributed by atoms with Crippen LogP contribution in [0.3, 0.4) is 0 Å². The van der Waals surface area contributed by atoms with Gasteiger partial charge in [0.05, 0.1) is 10.3 Å². The van der Waals surface area contributed by atoms with Crippen LogP contribution in [-0.2, 0) is 6.18 Å². The number of halogens is 4. The van der Waals surface area contributed by atoms with Crippen LogP contribution >= 0.6 is 28.3 Å². The van der Waals surface area contributed by atoms with Crippen molar-refractivity contribution in [2.24, 2.45) is 0 Å². The zero-order chi connectivity index (χ0) is 10.3. The van der Waals surface area contributed by atoms with Gasteiger partial charge in [0.25, 0.3) is 0 Å². The molecule has 0 aliphatic heterocycles. The van der Waals surface area contributed by atoms with E-state index in [-0.39, 0.29) is 27.8 Å². The normalized spacial score (nSPS) is 11.4. The van der Waals surface area contributed by atoms with Crippen molar-refractivity contribution in [3.8, 4) is 0 Å². The van der Waals surface area contributed by atoms with Gasteiger partial charge >= 0.3 is 6.18 Å². The molecule has 2 aromatic heterocycles. The molecule has 0 bridgehead atoms. The lowest BCUT2D eigenvalue weighted by Gasteiger charge is -2.04. The Balaban J connectivity index is 0.00000112. The van der Waals surface area contributed by atoms with Gasteiger partial charge in [0.2, 0.25) is 0 Å². The predicted molar refractivity (Wildman–Crippen MR) is 57.2 cm³/mol. The molecule has 0 unspecified atom stereocenters. The second kappa shape index (κ2) is 3.93. The van der Waals surface area contributed by atoms with Crippen molar-refractivity contribution in [2.75, 3.05) is 5.73 Å². The Morgan fingerprint density at radius 3 is 2.60 bits per heavy atom. The van der Waals surface area contributed by atoms with E-state index in [2.05, 4.69) is 9.97 Å². The first-order chi connectivity index (χ1) is 6.47. The fourth-order valence-electron chi connectivity index (χ4n) is 0.991. The third kappa shape index (κ3) is 2.37. The van der Waals surface area contributed by atoms with Gasteiger partial charge in [0.15, 0.2) is 10.8 Å². The summed E-state index contributed by atoms with van der Waals surface area (Å²) in [6, 6.07) is 0.996. The van der Waals surface area contributed by atoms with E-state index in [1.807, 2.05) is 0 Å². The topological polar surface area (TPSA) is 51.8 Å². The number of nitrogens with two attached hydrogens (primary N) is 1. The van der Waals surface area contributed by atoms with Gasteiger partial charge in [-0.2, -0.15) is 13.2 Å². The lowest BCUT2D eigenvalue weighted by Crippen LogP contribution is -2.04. The molecule has 15 heavy (non-hydrogen) atoms. The number of nitrogens with zero attached hydrogens (tertiary/aromatic N) is 2. The molecule has 0 radical (unpaired) electrons. The molecule has 0 aromatic carbocycles. The fraction of sp³-hybridized carbons (Fsp3) is 0.143. The minimum Gasteiger partial charge on any atom is -0.375 e. The smallest absolute Gasteiger partial charge is 0.375 e. The summed E-state index contributed by atoms with van der Waals surface area (Å²) in [6.07, 6.45) is -3.62. The van der Waals surface area contributed by atoms with Crippen molar-refractivity contribution in [3.63, 3.8) is 0 Å². The molecule has 2 N–H and O–H groups in total. The highest BCUT2D eigenvalue weighted by atomic mass is 79.9. The van der Waals surface area contributed by atoms with Gasteiger partial charge in [-0.05, 0) is 6.07 Å². The summed E-state index contributed by atoms with van der Waals surface area (Å²) in [7, 11) is 0. The Hall–Kier alpha value is -0.890. The molecule has 82 valence electrons. The Labute approximate surface area is 96.9 Å². The van der Waals surface area contributed by atoms with Crippen LogP contribution in [0.25, 0.3) is 10.3 Å². The van der Waals surface area contributed by atoms with Crippen molar-refractivity contribution in [2.45, 2.75) is 6.18 Å². The van der Waals surface area contributed by atoms with E-state index in [4.69, 9.17) is 5.73 Å². The van der Waals surface area contributed by atoms with Crippen LogP contribution in [0.2, 0.25) is 0 Å². The number of thiazole rings is 1. The maximum Gasteiger partial charge on any atom is 0.417 e. The van der Waals surface area contributed by atoms with Gasteiger partial charge < -0.3 is 5.73 Å². The van der Waals surface area contributed by atoms with E-state index < -0.39 is 11.7 Å². The number of aromatic nitrogens is 2. The highest BCUT2D eigenvalue weighted by Gasteiger charge is 2.31. The summed E-state index contributed by atoms with van der Waals surface area (Å²) < 4.78 is 37.1. The monoisotopic (exact) mass is 299 g/mol. The SMILES string of the molecule is Br.Nc1nc2ncc(C(F)(F)F)cc2s1. The standard InChI is InChI=1S/C7H4F3N3S.BrH/c8-7(9,10)3-1-4-5(12-2-3)13-6(11)14-4;/h1-2H,(H2,11,12,13);1H. The summed E-state index contributed by atoms with van der Waals surface area (Å²) in [5.74, 6) is 0. The zero-order valence-electron chi connectivity index (χ0n) is 7.08. The third-order valence-corrected chi connectivity index (χ3v) is 2.41. The van der Waals surface area contributed by atoms with Gasteiger partial charge in [-0.1, -0.05) is 11.3 Å². The number of hydrogen-bond donors (Lipinski definition) is 1.